The third-order valence-corrected chi connectivity index (χ3v) is 3.07. The molecule has 90 valence electrons. The van der Waals surface area contributed by atoms with Crippen molar-refractivity contribution >= 4 is 15.9 Å². The molecule has 2 nitrogen and oxygen atoms in total. The number of nitrogens with zero attached hydrogens (tertiary/aromatic N) is 1. The molecule has 0 bridgehead atoms. The van der Waals surface area contributed by atoms with Crippen LogP contribution in [-0.4, -0.2) is 18.1 Å². The van der Waals surface area contributed by atoms with E-state index in [1.165, 1.54) is 18.5 Å². The largest absolute Gasteiger partial charge is 0.316 e. The summed E-state index contributed by atoms with van der Waals surface area (Å²) in [6, 6.07) is 4.15. The average molecular weight is 285 g/mol. The minimum atomic E-state index is 0.719. The quantitative estimate of drug-likeness (QED) is 0.777. The van der Waals surface area contributed by atoms with Gasteiger partial charge in [0, 0.05) is 16.4 Å². The molecule has 1 rings (SSSR count). The van der Waals surface area contributed by atoms with E-state index < -0.39 is 0 Å². The Bertz CT molecular complexity index is 284. The van der Waals surface area contributed by atoms with Crippen LogP contribution in [0.5, 0.6) is 0 Å². The maximum absolute atomic E-state index is 4.38. The third kappa shape index (κ3) is 5.61. The van der Waals surface area contributed by atoms with Crippen molar-refractivity contribution < 1.29 is 0 Å². The predicted molar refractivity (Wildman–Crippen MR) is 72.6 cm³/mol. The van der Waals surface area contributed by atoms with Gasteiger partial charge >= 0.3 is 0 Å². The highest BCUT2D eigenvalue weighted by Crippen LogP contribution is 2.11. The summed E-state index contributed by atoms with van der Waals surface area (Å²) >= 11 is 3.40. The van der Waals surface area contributed by atoms with Gasteiger partial charge < -0.3 is 5.32 Å². The van der Waals surface area contributed by atoms with Crippen molar-refractivity contribution in [2.24, 2.45) is 5.92 Å². The number of aryl methyl sites for hydroxylation is 1. The van der Waals surface area contributed by atoms with Crippen LogP contribution < -0.4 is 5.32 Å². The summed E-state index contributed by atoms with van der Waals surface area (Å²) in [5.74, 6) is 0.719. The van der Waals surface area contributed by atoms with E-state index in [9.17, 15) is 0 Å². The summed E-state index contributed by atoms with van der Waals surface area (Å²) in [6.45, 7) is 6.73. The molecule has 0 aliphatic carbocycles. The van der Waals surface area contributed by atoms with Gasteiger partial charge in [0.05, 0.1) is 0 Å². The van der Waals surface area contributed by atoms with E-state index in [4.69, 9.17) is 0 Å². The monoisotopic (exact) mass is 284 g/mol. The molecule has 16 heavy (non-hydrogen) atoms. The molecule has 0 amide bonds. The molecule has 0 saturated carbocycles. The molecule has 0 aliphatic rings. The lowest BCUT2D eigenvalue weighted by Crippen LogP contribution is -2.22. The smallest absolute Gasteiger partial charge is 0.0413 e. The Kier molecular flexibility index (Phi) is 6.65. The molecule has 0 saturated heterocycles. The molecular formula is C13H21BrN2. The SMILES string of the molecule is CCCNCC(C)CCc1ccc(Br)cn1. The summed E-state index contributed by atoms with van der Waals surface area (Å²) in [5.41, 5.74) is 1.19. The molecule has 1 aromatic rings. The van der Waals surface area contributed by atoms with Crippen LogP contribution in [0.15, 0.2) is 22.8 Å². The van der Waals surface area contributed by atoms with Crippen molar-refractivity contribution in [1.82, 2.24) is 10.3 Å². The predicted octanol–water partition coefficient (Wildman–Crippen LogP) is 3.41. The second kappa shape index (κ2) is 7.80. The van der Waals surface area contributed by atoms with Crippen LogP contribution in [0.3, 0.4) is 0 Å². The highest BCUT2D eigenvalue weighted by Gasteiger charge is 2.02. The maximum Gasteiger partial charge on any atom is 0.0413 e. The summed E-state index contributed by atoms with van der Waals surface area (Å²) in [6.07, 6.45) is 5.35. The zero-order valence-electron chi connectivity index (χ0n) is 10.2. The molecule has 0 fully saturated rings. The van der Waals surface area contributed by atoms with Crippen molar-refractivity contribution in [2.45, 2.75) is 33.1 Å². The number of hydrogen-bond donors (Lipinski definition) is 1. The first-order valence-electron chi connectivity index (χ1n) is 6.03. The van der Waals surface area contributed by atoms with Gasteiger partial charge in [0.15, 0.2) is 0 Å². The fourth-order valence-electron chi connectivity index (χ4n) is 1.58. The van der Waals surface area contributed by atoms with E-state index in [1.807, 2.05) is 6.20 Å². The highest BCUT2D eigenvalue weighted by molar-refractivity contribution is 9.10. The van der Waals surface area contributed by atoms with Gasteiger partial charge in [0.1, 0.15) is 0 Å². The Morgan fingerprint density at radius 1 is 1.44 bits per heavy atom. The molecule has 1 heterocycles. The molecule has 1 N–H and O–H groups in total. The van der Waals surface area contributed by atoms with Gasteiger partial charge in [-0.1, -0.05) is 13.8 Å². The van der Waals surface area contributed by atoms with Crippen LogP contribution in [0.2, 0.25) is 0 Å². The lowest BCUT2D eigenvalue weighted by molar-refractivity contribution is 0.479. The van der Waals surface area contributed by atoms with E-state index in [2.05, 4.69) is 52.2 Å². The van der Waals surface area contributed by atoms with Crippen molar-refractivity contribution in [2.75, 3.05) is 13.1 Å². The zero-order chi connectivity index (χ0) is 11.8. The maximum atomic E-state index is 4.38. The van der Waals surface area contributed by atoms with Crippen molar-refractivity contribution in [3.05, 3.63) is 28.5 Å². The number of aromatic nitrogens is 1. The standard InChI is InChI=1S/C13H21BrN2/c1-3-8-15-9-11(2)4-6-13-7-5-12(14)10-16-13/h5,7,10-11,15H,3-4,6,8-9H2,1-2H3. The Labute approximate surface area is 107 Å². The molecular weight excluding hydrogens is 264 g/mol. The summed E-state index contributed by atoms with van der Waals surface area (Å²) in [5, 5.41) is 3.45. The van der Waals surface area contributed by atoms with Crippen LogP contribution in [-0.2, 0) is 6.42 Å². The van der Waals surface area contributed by atoms with E-state index in [0.29, 0.717) is 0 Å². The van der Waals surface area contributed by atoms with E-state index in [0.717, 1.165) is 29.9 Å². The van der Waals surface area contributed by atoms with Gasteiger partial charge in [-0.25, -0.2) is 0 Å². The Morgan fingerprint density at radius 2 is 2.25 bits per heavy atom. The molecule has 1 atom stereocenters. The number of hydrogen-bond acceptors (Lipinski definition) is 2. The topological polar surface area (TPSA) is 24.9 Å². The molecule has 0 aromatic carbocycles. The third-order valence-electron chi connectivity index (χ3n) is 2.60. The Morgan fingerprint density at radius 3 is 2.88 bits per heavy atom. The first-order chi connectivity index (χ1) is 7.72. The van der Waals surface area contributed by atoms with Crippen molar-refractivity contribution in [3.63, 3.8) is 0 Å². The Balaban J connectivity index is 2.20. The van der Waals surface area contributed by atoms with Gasteiger partial charge in [-0.2, -0.15) is 0 Å². The molecule has 1 aromatic heterocycles. The van der Waals surface area contributed by atoms with Crippen molar-refractivity contribution in [1.29, 1.82) is 0 Å². The van der Waals surface area contributed by atoms with Crippen LogP contribution in [0.4, 0.5) is 0 Å². The van der Waals surface area contributed by atoms with Crippen LogP contribution in [0.25, 0.3) is 0 Å². The van der Waals surface area contributed by atoms with E-state index in [-0.39, 0.29) is 0 Å². The summed E-state index contributed by atoms with van der Waals surface area (Å²) < 4.78 is 1.05. The van der Waals surface area contributed by atoms with E-state index in [1.54, 1.807) is 0 Å². The van der Waals surface area contributed by atoms with Gasteiger partial charge in [-0.05, 0) is 66.3 Å². The number of halogens is 1. The number of nitrogens with one attached hydrogen (secondary N) is 1. The molecule has 0 radical (unpaired) electrons. The summed E-state index contributed by atoms with van der Waals surface area (Å²) in [4.78, 5) is 4.38. The first-order valence-corrected chi connectivity index (χ1v) is 6.82. The highest BCUT2D eigenvalue weighted by atomic mass is 79.9. The minimum absolute atomic E-state index is 0.719. The second-order valence-corrected chi connectivity index (χ2v) is 5.23. The van der Waals surface area contributed by atoms with Crippen LogP contribution >= 0.6 is 15.9 Å². The van der Waals surface area contributed by atoms with Crippen molar-refractivity contribution in [3.8, 4) is 0 Å². The number of rotatable bonds is 7. The van der Waals surface area contributed by atoms with Gasteiger partial charge in [-0.15, -0.1) is 0 Å². The lowest BCUT2D eigenvalue weighted by Gasteiger charge is -2.11. The van der Waals surface area contributed by atoms with E-state index >= 15 is 0 Å². The Hall–Kier alpha value is -0.410. The lowest BCUT2D eigenvalue weighted by atomic mass is 10.0. The first kappa shape index (κ1) is 13.7. The van der Waals surface area contributed by atoms with Gasteiger partial charge in [0.25, 0.3) is 0 Å². The van der Waals surface area contributed by atoms with Crippen LogP contribution in [0.1, 0.15) is 32.4 Å². The minimum Gasteiger partial charge on any atom is -0.316 e. The fraction of sp³-hybridized carbons (Fsp3) is 0.615. The van der Waals surface area contributed by atoms with Gasteiger partial charge in [-0.3, -0.25) is 4.98 Å². The molecule has 0 aliphatic heterocycles. The van der Waals surface area contributed by atoms with Crippen LogP contribution in [0, 0.1) is 5.92 Å². The average Bonchev–Trinajstić information content (AvgIpc) is 2.29. The number of pyridine rings is 1. The molecule has 1 unspecified atom stereocenters. The van der Waals surface area contributed by atoms with Gasteiger partial charge in [0.2, 0.25) is 0 Å². The second-order valence-electron chi connectivity index (χ2n) is 4.32. The zero-order valence-corrected chi connectivity index (χ0v) is 11.8. The molecule has 0 spiro atoms. The normalized spacial score (nSPS) is 12.7. The fourth-order valence-corrected chi connectivity index (χ4v) is 1.81. The molecule has 3 heteroatoms. The summed E-state index contributed by atoms with van der Waals surface area (Å²) in [7, 11) is 0.